The van der Waals surface area contributed by atoms with Gasteiger partial charge in [-0.25, -0.2) is 13.4 Å². The van der Waals surface area contributed by atoms with Gasteiger partial charge in [-0.3, -0.25) is 0 Å². The number of methoxy groups -OCH3 is 1. The number of benzene rings is 1. The Morgan fingerprint density at radius 2 is 2.04 bits per heavy atom. The first kappa shape index (κ1) is 18.9. The number of rotatable bonds is 6. The van der Waals surface area contributed by atoms with Crippen LogP contribution in [0, 0.1) is 6.92 Å². The third kappa shape index (κ3) is 4.65. The lowest BCUT2D eigenvalue weighted by atomic mass is 10.0. The Morgan fingerprint density at radius 1 is 1.31 bits per heavy atom. The predicted octanol–water partition coefficient (Wildman–Crippen LogP) is 2.47. The number of likely N-dealkylation sites (tertiary alicyclic amines) is 1. The molecule has 1 aliphatic heterocycles. The number of nitrogens with one attached hydrogen (secondary N) is 1. The van der Waals surface area contributed by atoms with Crippen LogP contribution in [0.25, 0.3) is 10.9 Å². The van der Waals surface area contributed by atoms with E-state index in [1.807, 2.05) is 19.1 Å². The summed E-state index contributed by atoms with van der Waals surface area (Å²) in [5.74, 6) is 1.02. The molecule has 1 fully saturated rings. The van der Waals surface area contributed by atoms with Gasteiger partial charge in [0.2, 0.25) is 0 Å². The van der Waals surface area contributed by atoms with Gasteiger partial charge in [-0.2, -0.15) is 0 Å². The van der Waals surface area contributed by atoms with Gasteiger partial charge in [0.15, 0.2) is 0 Å². The van der Waals surface area contributed by atoms with Crippen molar-refractivity contribution >= 4 is 26.4 Å². The highest BCUT2D eigenvalue weighted by molar-refractivity contribution is 7.90. The topological polar surface area (TPSA) is 71.5 Å². The SMILES string of the molecule is COc1cccc2c(NC3CCN(CCS(C)(=O)=O)CC3)cc(C)nc12. The van der Waals surface area contributed by atoms with Gasteiger partial charge in [0, 0.05) is 48.7 Å². The average Bonchev–Trinajstić information content (AvgIpc) is 2.60. The molecule has 2 aromatic rings. The Morgan fingerprint density at radius 3 is 2.69 bits per heavy atom. The summed E-state index contributed by atoms with van der Waals surface area (Å²) >= 11 is 0. The number of hydrogen-bond donors (Lipinski definition) is 1. The second kappa shape index (κ2) is 7.80. The smallest absolute Gasteiger partial charge is 0.148 e. The van der Waals surface area contributed by atoms with Crippen LogP contribution >= 0.6 is 0 Å². The van der Waals surface area contributed by atoms with Crippen molar-refractivity contribution < 1.29 is 13.2 Å². The molecule has 1 aromatic heterocycles. The minimum absolute atomic E-state index is 0.235. The molecule has 7 heteroatoms. The van der Waals surface area contributed by atoms with Crippen LogP contribution in [0.3, 0.4) is 0 Å². The summed E-state index contributed by atoms with van der Waals surface area (Å²) in [6, 6.07) is 8.43. The van der Waals surface area contributed by atoms with Gasteiger partial charge in [-0.15, -0.1) is 0 Å². The highest BCUT2D eigenvalue weighted by atomic mass is 32.2. The quantitative estimate of drug-likeness (QED) is 0.834. The first-order valence-corrected chi connectivity index (χ1v) is 11.0. The molecule has 0 bridgehead atoms. The van der Waals surface area contributed by atoms with Crippen LogP contribution in [0.5, 0.6) is 5.75 Å². The van der Waals surface area contributed by atoms with E-state index in [9.17, 15) is 8.42 Å². The van der Waals surface area contributed by atoms with Crippen molar-refractivity contribution in [2.24, 2.45) is 0 Å². The molecule has 0 atom stereocenters. The lowest BCUT2D eigenvalue weighted by molar-refractivity contribution is 0.230. The number of anilines is 1. The lowest BCUT2D eigenvalue weighted by Gasteiger charge is -2.33. The van der Waals surface area contributed by atoms with Crippen LogP contribution < -0.4 is 10.1 Å². The fourth-order valence-corrected chi connectivity index (χ4v) is 4.04. The van der Waals surface area contributed by atoms with E-state index in [-0.39, 0.29) is 5.75 Å². The summed E-state index contributed by atoms with van der Waals surface area (Å²) in [5, 5.41) is 4.73. The van der Waals surface area contributed by atoms with Gasteiger partial charge in [0.05, 0.1) is 12.9 Å². The first-order chi connectivity index (χ1) is 12.4. The van der Waals surface area contributed by atoms with Crippen molar-refractivity contribution in [2.75, 3.05) is 44.1 Å². The number of aromatic nitrogens is 1. The molecule has 142 valence electrons. The summed E-state index contributed by atoms with van der Waals surface area (Å²) in [6.07, 6.45) is 3.29. The summed E-state index contributed by atoms with van der Waals surface area (Å²) in [6.45, 7) is 4.45. The molecule has 26 heavy (non-hydrogen) atoms. The van der Waals surface area contributed by atoms with Crippen LogP contribution in [0.1, 0.15) is 18.5 Å². The highest BCUT2D eigenvalue weighted by Gasteiger charge is 2.21. The van der Waals surface area contributed by atoms with Crippen molar-refractivity contribution in [2.45, 2.75) is 25.8 Å². The number of ether oxygens (including phenoxy) is 1. The molecule has 0 radical (unpaired) electrons. The number of para-hydroxylation sites is 1. The van der Waals surface area contributed by atoms with Crippen LogP contribution in [0.2, 0.25) is 0 Å². The van der Waals surface area contributed by atoms with E-state index in [1.54, 1.807) is 7.11 Å². The van der Waals surface area contributed by atoms with E-state index < -0.39 is 9.84 Å². The number of fused-ring (bicyclic) bond motifs is 1. The summed E-state index contributed by atoms with van der Waals surface area (Å²) in [5.41, 5.74) is 2.92. The Bertz CT molecular complexity index is 875. The molecule has 2 heterocycles. The Labute approximate surface area is 155 Å². The molecular weight excluding hydrogens is 350 g/mol. The zero-order valence-corrected chi connectivity index (χ0v) is 16.5. The van der Waals surface area contributed by atoms with Crippen molar-refractivity contribution in [3.05, 3.63) is 30.0 Å². The molecule has 1 saturated heterocycles. The van der Waals surface area contributed by atoms with Crippen LogP contribution in [-0.2, 0) is 9.84 Å². The van der Waals surface area contributed by atoms with Gasteiger partial charge in [-0.05, 0) is 31.9 Å². The average molecular weight is 378 g/mol. The molecule has 1 aromatic carbocycles. The molecule has 6 nitrogen and oxygen atoms in total. The molecule has 0 amide bonds. The van der Waals surface area contributed by atoms with E-state index in [4.69, 9.17) is 4.74 Å². The van der Waals surface area contributed by atoms with Crippen LogP contribution in [-0.4, -0.2) is 63.1 Å². The maximum Gasteiger partial charge on any atom is 0.148 e. The van der Waals surface area contributed by atoms with E-state index in [2.05, 4.69) is 27.3 Å². The van der Waals surface area contributed by atoms with Crippen molar-refractivity contribution in [1.82, 2.24) is 9.88 Å². The van der Waals surface area contributed by atoms with Crippen LogP contribution in [0.15, 0.2) is 24.3 Å². The molecule has 1 aliphatic rings. The number of piperidine rings is 1. The van der Waals surface area contributed by atoms with Gasteiger partial charge >= 0.3 is 0 Å². The van der Waals surface area contributed by atoms with Gasteiger partial charge < -0.3 is 15.0 Å². The Balaban J connectivity index is 1.69. The normalized spacial score (nSPS) is 16.7. The third-order valence-corrected chi connectivity index (χ3v) is 5.80. The zero-order chi connectivity index (χ0) is 18.7. The maximum atomic E-state index is 11.3. The molecule has 0 spiro atoms. The number of sulfone groups is 1. The monoisotopic (exact) mass is 377 g/mol. The molecule has 0 unspecified atom stereocenters. The van der Waals surface area contributed by atoms with Gasteiger partial charge in [0.25, 0.3) is 0 Å². The molecular formula is C19H27N3O3S. The standard InChI is InChI=1S/C19H27N3O3S/c1-14-13-17(16-5-4-6-18(25-2)19(16)20-14)21-15-7-9-22(10-8-15)11-12-26(3,23)24/h4-6,13,15H,7-12H2,1-3H3,(H,20,21). The zero-order valence-electron chi connectivity index (χ0n) is 15.7. The number of pyridine rings is 1. The minimum atomic E-state index is -2.90. The molecule has 1 N–H and O–H groups in total. The van der Waals surface area contributed by atoms with E-state index in [0.717, 1.165) is 54.0 Å². The largest absolute Gasteiger partial charge is 0.494 e. The minimum Gasteiger partial charge on any atom is -0.494 e. The van der Waals surface area contributed by atoms with Crippen LogP contribution in [0.4, 0.5) is 5.69 Å². The Kier molecular flexibility index (Phi) is 5.67. The second-order valence-electron chi connectivity index (χ2n) is 7.06. The molecule has 3 rings (SSSR count). The maximum absolute atomic E-state index is 11.3. The highest BCUT2D eigenvalue weighted by Crippen LogP contribution is 2.31. The fourth-order valence-electron chi connectivity index (χ4n) is 3.45. The second-order valence-corrected chi connectivity index (χ2v) is 9.32. The third-order valence-electron chi connectivity index (χ3n) is 4.88. The van der Waals surface area contributed by atoms with E-state index in [0.29, 0.717) is 12.6 Å². The summed E-state index contributed by atoms with van der Waals surface area (Å²) in [4.78, 5) is 6.86. The molecule has 0 aliphatic carbocycles. The Hall–Kier alpha value is -1.86. The van der Waals surface area contributed by atoms with Crippen molar-refractivity contribution in [3.8, 4) is 5.75 Å². The van der Waals surface area contributed by atoms with Gasteiger partial charge in [0.1, 0.15) is 21.1 Å². The lowest BCUT2D eigenvalue weighted by Crippen LogP contribution is -2.41. The van der Waals surface area contributed by atoms with E-state index in [1.165, 1.54) is 6.26 Å². The summed E-state index contributed by atoms with van der Waals surface area (Å²) in [7, 11) is -1.23. The van der Waals surface area contributed by atoms with Gasteiger partial charge in [-0.1, -0.05) is 12.1 Å². The first-order valence-electron chi connectivity index (χ1n) is 8.97. The number of hydrogen-bond acceptors (Lipinski definition) is 6. The van der Waals surface area contributed by atoms with Crippen molar-refractivity contribution in [1.29, 1.82) is 0 Å². The number of nitrogens with zero attached hydrogens (tertiary/aromatic N) is 2. The number of aryl methyl sites for hydroxylation is 1. The fraction of sp³-hybridized carbons (Fsp3) is 0.526. The van der Waals surface area contributed by atoms with E-state index >= 15 is 0 Å². The molecule has 0 saturated carbocycles. The summed E-state index contributed by atoms with van der Waals surface area (Å²) < 4.78 is 28.1. The predicted molar refractivity (Wildman–Crippen MR) is 106 cm³/mol. The van der Waals surface area contributed by atoms with Crippen molar-refractivity contribution in [3.63, 3.8) is 0 Å².